The van der Waals surface area contributed by atoms with Gasteiger partial charge in [-0.3, -0.25) is 9.59 Å². The topological polar surface area (TPSA) is 68.5 Å². The number of hydrogen-bond donors (Lipinski definition) is 1. The van der Waals surface area contributed by atoms with Crippen LogP contribution < -0.4 is 5.32 Å². The highest BCUT2D eigenvalue weighted by molar-refractivity contribution is 6.16. The third-order valence-electron chi connectivity index (χ3n) is 1.64. The van der Waals surface area contributed by atoms with Gasteiger partial charge in [0, 0.05) is 0 Å². The van der Waals surface area contributed by atoms with Crippen molar-refractivity contribution in [3.63, 3.8) is 0 Å². The zero-order valence-corrected chi connectivity index (χ0v) is 8.84. The molecular weight excluding hydrogens is 222 g/mol. The fourth-order valence-electron chi connectivity index (χ4n) is 0.883. The number of ether oxygens (including phenoxy) is 1. The number of carbonyl (C=O) groups is 2. The highest BCUT2D eigenvalue weighted by Crippen LogP contribution is 2.09. The molecule has 0 spiro atoms. The zero-order valence-electron chi connectivity index (χ0n) is 8.08. The summed E-state index contributed by atoms with van der Waals surface area (Å²) in [4.78, 5) is 22.1. The second-order valence-electron chi connectivity index (χ2n) is 2.66. The van der Waals surface area contributed by atoms with Crippen molar-refractivity contribution in [2.24, 2.45) is 0 Å². The highest BCUT2D eigenvalue weighted by atomic mass is 35.5. The molecule has 1 aromatic heterocycles. The van der Waals surface area contributed by atoms with Crippen LogP contribution in [-0.4, -0.2) is 25.5 Å². The summed E-state index contributed by atoms with van der Waals surface area (Å²) >= 11 is 5.50. The van der Waals surface area contributed by atoms with E-state index >= 15 is 0 Å². The molecule has 0 aromatic carbocycles. The molecule has 0 aliphatic carbocycles. The standard InChI is InChI=1S/C9H10ClNO4/c1-14-8(12)5-11-9(13)7-3-2-6(4-10)15-7/h2-3H,4-5H2,1H3,(H,11,13). The van der Waals surface area contributed by atoms with Crippen LogP contribution in [0.4, 0.5) is 0 Å². The SMILES string of the molecule is COC(=O)CNC(=O)c1ccc(CCl)o1. The number of hydrogen-bond acceptors (Lipinski definition) is 4. The van der Waals surface area contributed by atoms with Crippen LogP contribution in [-0.2, 0) is 15.4 Å². The Bertz CT molecular complexity index is 361. The lowest BCUT2D eigenvalue weighted by Crippen LogP contribution is -2.29. The first-order valence-electron chi connectivity index (χ1n) is 4.17. The molecule has 0 bridgehead atoms. The van der Waals surface area contributed by atoms with Crippen molar-refractivity contribution in [1.82, 2.24) is 5.32 Å². The molecular formula is C9H10ClNO4. The third-order valence-corrected chi connectivity index (χ3v) is 1.90. The summed E-state index contributed by atoms with van der Waals surface area (Å²) in [6, 6.07) is 3.09. The molecule has 5 nitrogen and oxygen atoms in total. The van der Waals surface area contributed by atoms with Crippen molar-refractivity contribution in [1.29, 1.82) is 0 Å². The van der Waals surface area contributed by atoms with Gasteiger partial charge in [-0.25, -0.2) is 0 Å². The monoisotopic (exact) mass is 231 g/mol. The Morgan fingerprint density at radius 3 is 2.80 bits per heavy atom. The molecule has 0 saturated heterocycles. The average molecular weight is 232 g/mol. The van der Waals surface area contributed by atoms with Gasteiger partial charge >= 0.3 is 5.97 Å². The molecule has 0 aliphatic heterocycles. The number of halogens is 1. The van der Waals surface area contributed by atoms with Crippen molar-refractivity contribution in [2.75, 3.05) is 13.7 Å². The van der Waals surface area contributed by atoms with Crippen molar-refractivity contribution >= 4 is 23.5 Å². The molecule has 0 fully saturated rings. The Labute approximate surface area is 91.3 Å². The Hall–Kier alpha value is -1.49. The molecule has 15 heavy (non-hydrogen) atoms. The molecule has 0 unspecified atom stereocenters. The number of esters is 1. The molecule has 1 rings (SSSR count). The summed E-state index contributed by atoms with van der Waals surface area (Å²) < 4.78 is 9.42. The fraction of sp³-hybridized carbons (Fsp3) is 0.333. The van der Waals surface area contributed by atoms with E-state index in [0.717, 1.165) is 0 Å². The molecule has 1 N–H and O–H groups in total. The minimum absolute atomic E-state index is 0.120. The number of carbonyl (C=O) groups excluding carboxylic acids is 2. The van der Waals surface area contributed by atoms with Crippen LogP contribution in [0.2, 0.25) is 0 Å². The molecule has 1 amide bonds. The maximum Gasteiger partial charge on any atom is 0.325 e. The van der Waals surface area contributed by atoms with E-state index in [9.17, 15) is 9.59 Å². The van der Waals surface area contributed by atoms with E-state index in [1.165, 1.54) is 13.2 Å². The van der Waals surface area contributed by atoms with E-state index in [0.29, 0.717) is 5.76 Å². The van der Waals surface area contributed by atoms with E-state index in [4.69, 9.17) is 16.0 Å². The minimum Gasteiger partial charge on any atom is -0.468 e. The van der Waals surface area contributed by atoms with Crippen LogP contribution in [0.15, 0.2) is 16.5 Å². The zero-order chi connectivity index (χ0) is 11.3. The first kappa shape index (κ1) is 11.6. The molecule has 1 heterocycles. The van der Waals surface area contributed by atoms with Gasteiger partial charge in [-0.1, -0.05) is 0 Å². The normalized spacial score (nSPS) is 9.73. The lowest BCUT2D eigenvalue weighted by molar-refractivity contribution is -0.139. The smallest absolute Gasteiger partial charge is 0.325 e. The van der Waals surface area contributed by atoms with Gasteiger partial charge in [0.05, 0.1) is 13.0 Å². The van der Waals surface area contributed by atoms with Crippen molar-refractivity contribution < 1.29 is 18.7 Å². The lowest BCUT2D eigenvalue weighted by Gasteiger charge is -2.00. The van der Waals surface area contributed by atoms with Gasteiger partial charge in [-0.2, -0.15) is 0 Å². The van der Waals surface area contributed by atoms with Crippen molar-refractivity contribution in [3.8, 4) is 0 Å². The van der Waals surface area contributed by atoms with E-state index in [-0.39, 0.29) is 18.2 Å². The summed E-state index contributed by atoms with van der Waals surface area (Å²) in [5.41, 5.74) is 0. The predicted molar refractivity (Wildman–Crippen MR) is 52.6 cm³/mol. The van der Waals surface area contributed by atoms with Crippen LogP contribution >= 0.6 is 11.6 Å². The summed E-state index contributed by atoms with van der Waals surface area (Å²) in [6.07, 6.45) is 0. The molecule has 0 radical (unpaired) electrons. The Morgan fingerprint density at radius 2 is 2.27 bits per heavy atom. The van der Waals surface area contributed by atoms with Crippen LogP contribution in [0.5, 0.6) is 0 Å². The molecule has 6 heteroatoms. The third kappa shape index (κ3) is 3.28. The van der Waals surface area contributed by atoms with Gasteiger partial charge in [0.1, 0.15) is 12.3 Å². The summed E-state index contributed by atoms with van der Waals surface area (Å²) in [7, 11) is 1.24. The number of furan rings is 1. The van der Waals surface area contributed by atoms with Gasteiger partial charge in [0.2, 0.25) is 0 Å². The summed E-state index contributed by atoms with van der Waals surface area (Å²) in [6.45, 7) is -0.188. The van der Waals surface area contributed by atoms with Crippen LogP contribution in [0.25, 0.3) is 0 Å². The Morgan fingerprint density at radius 1 is 1.53 bits per heavy atom. The molecule has 0 saturated carbocycles. The van der Waals surface area contributed by atoms with Crippen LogP contribution in [0.3, 0.4) is 0 Å². The predicted octanol–water partition coefficient (Wildman–Crippen LogP) is 0.921. The van der Waals surface area contributed by atoms with Crippen LogP contribution in [0.1, 0.15) is 16.3 Å². The van der Waals surface area contributed by atoms with Gasteiger partial charge in [0.15, 0.2) is 5.76 Å². The maximum atomic E-state index is 11.3. The first-order chi connectivity index (χ1) is 7.17. The maximum absolute atomic E-state index is 11.3. The Kier molecular flexibility index (Phi) is 4.17. The summed E-state index contributed by atoms with van der Waals surface area (Å²) in [5.74, 6) is -0.178. The molecule has 82 valence electrons. The van der Waals surface area contributed by atoms with Gasteiger partial charge < -0.3 is 14.5 Å². The average Bonchev–Trinajstić information content (AvgIpc) is 2.73. The number of nitrogens with one attached hydrogen (secondary N) is 1. The Balaban J connectivity index is 2.50. The second-order valence-corrected chi connectivity index (χ2v) is 2.93. The molecule has 0 aliphatic rings. The van der Waals surface area contributed by atoms with Gasteiger partial charge in [-0.05, 0) is 12.1 Å². The van der Waals surface area contributed by atoms with E-state index in [1.807, 2.05) is 0 Å². The van der Waals surface area contributed by atoms with E-state index in [2.05, 4.69) is 10.1 Å². The number of rotatable bonds is 4. The quantitative estimate of drug-likeness (QED) is 0.618. The fourth-order valence-corrected chi connectivity index (χ4v) is 1.03. The van der Waals surface area contributed by atoms with Crippen molar-refractivity contribution in [2.45, 2.75) is 5.88 Å². The highest BCUT2D eigenvalue weighted by Gasteiger charge is 2.11. The number of methoxy groups -OCH3 is 1. The van der Waals surface area contributed by atoms with E-state index in [1.54, 1.807) is 6.07 Å². The minimum atomic E-state index is -0.521. The van der Waals surface area contributed by atoms with Gasteiger partial charge in [-0.15, -0.1) is 11.6 Å². The lowest BCUT2D eigenvalue weighted by atomic mass is 10.4. The van der Waals surface area contributed by atoms with Gasteiger partial charge in [0.25, 0.3) is 5.91 Å². The van der Waals surface area contributed by atoms with Crippen LogP contribution in [0, 0.1) is 0 Å². The summed E-state index contributed by atoms with van der Waals surface area (Å²) in [5, 5.41) is 2.34. The van der Waals surface area contributed by atoms with E-state index < -0.39 is 11.9 Å². The number of amides is 1. The first-order valence-corrected chi connectivity index (χ1v) is 4.70. The molecule has 1 aromatic rings. The van der Waals surface area contributed by atoms with Crippen molar-refractivity contribution in [3.05, 3.63) is 23.7 Å². The second kappa shape index (κ2) is 5.41. The number of alkyl halides is 1. The molecule has 0 atom stereocenters. The largest absolute Gasteiger partial charge is 0.468 e.